The molecule has 0 heterocycles. The molecule has 0 radical (unpaired) electrons. The number of carbonyl (C=O) groups is 1. The maximum absolute atomic E-state index is 11.2. The van der Waals surface area contributed by atoms with Gasteiger partial charge in [-0.15, -0.1) is 0 Å². The fourth-order valence-corrected chi connectivity index (χ4v) is 1.82. The summed E-state index contributed by atoms with van der Waals surface area (Å²) in [6.07, 6.45) is 4.13. The van der Waals surface area contributed by atoms with E-state index < -0.39 is 5.60 Å². The third kappa shape index (κ3) is 1.62. The number of rotatable bonds is 3. The van der Waals surface area contributed by atoms with Crippen molar-refractivity contribution in [1.82, 2.24) is 0 Å². The molecule has 64 valence electrons. The van der Waals surface area contributed by atoms with Crippen LogP contribution in [-0.4, -0.2) is 18.0 Å². The predicted molar refractivity (Wildman–Crippen MR) is 43.5 cm³/mol. The van der Waals surface area contributed by atoms with Crippen LogP contribution in [0.4, 0.5) is 0 Å². The fraction of sp³-hybridized carbons (Fsp3) is 0.889. The number of ether oxygens (including phenoxy) is 1. The quantitative estimate of drug-likeness (QED) is 0.624. The number of ketones is 1. The second-order valence-electron chi connectivity index (χ2n) is 3.19. The van der Waals surface area contributed by atoms with Gasteiger partial charge in [-0.3, -0.25) is 4.79 Å². The molecule has 0 amide bonds. The third-order valence-corrected chi connectivity index (χ3v) is 2.47. The van der Waals surface area contributed by atoms with Crippen molar-refractivity contribution in [3.63, 3.8) is 0 Å². The van der Waals surface area contributed by atoms with Crippen molar-refractivity contribution in [3.8, 4) is 0 Å². The van der Waals surface area contributed by atoms with Crippen molar-refractivity contribution in [2.75, 3.05) is 6.61 Å². The average Bonchev–Trinajstić information content (AvgIpc) is 2.38. The molecule has 0 unspecified atom stereocenters. The smallest absolute Gasteiger partial charge is 0.161 e. The summed E-state index contributed by atoms with van der Waals surface area (Å²) in [5.74, 6) is 0.205. The second kappa shape index (κ2) is 3.35. The van der Waals surface area contributed by atoms with E-state index in [0.29, 0.717) is 6.61 Å². The van der Waals surface area contributed by atoms with Gasteiger partial charge in [0.1, 0.15) is 5.60 Å². The molecule has 0 aromatic heterocycles. The summed E-state index contributed by atoms with van der Waals surface area (Å²) in [6.45, 7) is 4.24. The van der Waals surface area contributed by atoms with Crippen LogP contribution in [-0.2, 0) is 9.53 Å². The Kier molecular flexibility index (Phi) is 2.66. The maximum atomic E-state index is 11.2. The van der Waals surface area contributed by atoms with Crippen LogP contribution in [0, 0.1) is 0 Å². The summed E-state index contributed by atoms with van der Waals surface area (Å²) in [4.78, 5) is 11.2. The molecular formula is C9H16O2. The van der Waals surface area contributed by atoms with E-state index in [1.54, 1.807) is 6.92 Å². The molecule has 0 saturated heterocycles. The first-order chi connectivity index (χ1) is 5.21. The highest BCUT2D eigenvalue weighted by Crippen LogP contribution is 2.33. The predicted octanol–water partition coefficient (Wildman–Crippen LogP) is 1.92. The molecule has 0 bridgehead atoms. The van der Waals surface area contributed by atoms with Crippen molar-refractivity contribution in [2.24, 2.45) is 0 Å². The minimum Gasteiger partial charge on any atom is -0.368 e. The van der Waals surface area contributed by atoms with Crippen molar-refractivity contribution < 1.29 is 9.53 Å². The molecule has 1 rings (SSSR count). The van der Waals surface area contributed by atoms with Gasteiger partial charge in [0.15, 0.2) is 5.78 Å². The molecule has 11 heavy (non-hydrogen) atoms. The van der Waals surface area contributed by atoms with Crippen LogP contribution in [0.3, 0.4) is 0 Å². The molecule has 0 aromatic rings. The van der Waals surface area contributed by atoms with Crippen LogP contribution in [0.2, 0.25) is 0 Å². The Morgan fingerprint density at radius 3 is 2.36 bits per heavy atom. The molecule has 0 aliphatic heterocycles. The highest BCUT2D eigenvalue weighted by Gasteiger charge is 2.38. The van der Waals surface area contributed by atoms with Gasteiger partial charge in [-0.2, -0.15) is 0 Å². The van der Waals surface area contributed by atoms with Crippen LogP contribution in [0.5, 0.6) is 0 Å². The van der Waals surface area contributed by atoms with Crippen LogP contribution in [0.15, 0.2) is 0 Å². The van der Waals surface area contributed by atoms with Gasteiger partial charge in [-0.1, -0.05) is 0 Å². The summed E-state index contributed by atoms with van der Waals surface area (Å²) in [5, 5.41) is 0. The second-order valence-corrected chi connectivity index (χ2v) is 3.19. The molecule has 0 atom stereocenters. The van der Waals surface area contributed by atoms with E-state index in [0.717, 1.165) is 25.7 Å². The van der Waals surface area contributed by atoms with Crippen molar-refractivity contribution in [3.05, 3.63) is 0 Å². The van der Waals surface area contributed by atoms with Gasteiger partial charge >= 0.3 is 0 Å². The van der Waals surface area contributed by atoms with E-state index in [4.69, 9.17) is 4.74 Å². The van der Waals surface area contributed by atoms with E-state index >= 15 is 0 Å². The Hall–Kier alpha value is -0.370. The van der Waals surface area contributed by atoms with Gasteiger partial charge in [-0.05, 0) is 39.5 Å². The molecule has 1 fully saturated rings. The molecule has 2 nitrogen and oxygen atoms in total. The van der Waals surface area contributed by atoms with Gasteiger partial charge in [0.25, 0.3) is 0 Å². The summed E-state index contributed by atoms with van der Waals surface area (Å²) < 4.78 is 5.50. The largest absolute Gasteiger partial charge is 0.368 e. The Morgan fingerprint density at radius 1 is 1.45 bits per heavy atom. The summed E-state index contributed by atoms with van der Waals surface area (Å²) in [6, 6.07) is 0. The molecule has 1 aliphatic carbocycles. The lowest BCUT2D eigenvalue weighted by atomic mass is 9.97. The average molecular weight is 156 g/mol. The molecule has 0 N–H and O–H groups in total. The van der Waals surface area contributed by atoms with Crippen LogP contribution in [0.1, 0.15) is 39.5 Å². The number of hydrogen-bond acceptors (Lipinski definition) is 2. The minimum atomic E-state index is -0.394. The number of hydrogen-bond donors (Lipinski definition) is 0. The van der Waals surface area contributed by atoms with Gasteiger partial charge in [0.05, 0.1) is 0 Å². The first-order valence-electron chi connectivity index (χ1n) is 4.36. The van der Waals surface area contributed by atoms with E-state index in [2.05, 4.69) is 0 Å². The van der Waals surface area contributed by atoms with E-state index in [1.165, 1.54) is 0 Å². The highest BCUT2D eigenvalue weighted by atomic mass is 16.5. The van der Waals surface area contributed by atoms with E-state index in [-0.39, 0.29) is 5.78 Å². The number of Topliss-reactive ketones (excluding diaryl/α,β-unsaturated/α-hetero) is 1. The summed E-state index contributed by atoms with van der Waals surface area (Å²) >= 11 is 0. The standard InChI is InChI=1S/C9H16O2/c1-3-11-9(8(2)10)6-4-5-7-9/h3-7H2,1-2H3. The Balaban J connectivity index is 2.62. The molecular weight excluding hydrogens is 140 g/mol. The lowest BCUT2D eigenvalue weighted by Crippen LogP contribution is -2.36. The van der Waals surface area contributed by atoms with Crippen LogP contribution >= 0.6 is 0 Å². The van der Waals surface area contributed by atoms with Crippen molar-refractivity contribution >= 4 is 5.78 Å². The molecule has 1 saturated carbocycles. The summed E-state index contributed by atoms with van der Waals surface area (Å²) in [7, 11) is 0. The minimum absolute atomic E-state index is 0.205. The molecule has 2 heteroatoms. The monoisotopic (exact) mass is 156 g/mol. The van der Waals surface area contributed by atoms with Crippen LogP contribution in [0.25, 0.3) is 0 Å². The Labute approximate surface area is 67.9 Å². The van der Waals surface area contributed by atoms with E-state index in [1.807, 2.05) is 6.92 Å². The van der Waals surface area contributed by atoms with Gasteiger partial charge in [0.2, 0.25) is 0 Å². The molecule has 1 aliphatic rings. The lowest BCUT2D eigenvalue weighted by Gasteiger charge is -2.25. The van der Waals surface area contributed by atoms with E-state index in [9.17, 15) is 4.79 Å². The zero-order valence-electron chi connectivity index (χ0n) is 7.35. The molecule has 0 spiro atoms. The molecule has 0 aromatic carbocycles. The van der Waals surface area contributed by atoms with Crippen molar-refractivity contribution in [1.29, 1.82) is 0 Å². The first kappa shape index (κ1) is 8.72. The topological polar surface area (TPSA) is 26.3 Å². The Morgan fingerprint density at radius 2 is 2.00 bits per heavy atom. The van der Waals surface area contributed by atoms with Crippen molar-refractivity contribution in [2.45, 2.75) is 45.1 Å². The zero-order chi connectivity index (χ0) is 8.32. The SMILES string of the molecule is CCOC1(C(C)=O)CCCC1. The maximum Gasteiger partial charge on any atom is 0.161 e. The normalized spacial score (nSPS) is 22.0. The van der Waals surface area contributed by atoms with Gasteiger partial charge < -0.3 is 4.74 Å². The highest BCUT2D eigenvalue weighted by molar-refractivity contribution is 5.85. The lowest BCUT2D eigenvalue weighted by molar-refractivity contribution is -0.141. The van der Waals surface area contributed by atoms with Gasteiger partial charge in [-0.25, -0.2) is 0 Å². The first-order valence-corrected chi connectivity index (χ1v) is 4.36. The number of carbonyl (C=O) groups excluding carboxylic acids is 1. The summed E-state index contributed by atoms with van der Waals surface area (Å²) in [5.41, 5.74) is -0.394. The Bertz CT molecular complexity index is 146. The van der Waals surface area contributed by atoms with Crippen LogP contribution < -0.4 is 0 Å². The zero-order valence-corrected chi connectivity index (χ0v) is 7.35. The van der Waals surface area contributed by atoms with Gasteiger partial charge in [0, 0.05) is 6.61 Å². The fourth-order valence-electron chi connectivity index (χ4n) is 1.82. The third-order valence-electron chi connectivity index (χ3n) is 2.47.